The van der Waals surface area contributed by atoms with Gasteiger partial charge in [0.05, 0.1) is 21.6 Å². The summed E-state index contributed by atoms with van der Waals surface area (Å²) in [7, 11) is -1.03. The molecule has 0 spiro atoms. The molecule has 0 saturated heterocycles. The Hall–Kier alpha value is 0.430. The van der Waals surface area contributed by atoms with Gasteiger partial charge in [-0.25, -0.2) is 0 Å². The summed E-state index contributed by atoms with van der Waals surface area (Å²) < 4.78 is 0. The lowest BCUT2D eigenvalue weighted by molar-refractivity contribution is 0.617. The smallest absolute Gasteiger partial charge is 0.0311 e. The SMILES string of the molecule is CC[P+](C(C)(C)C)(C(C)(C)C)C(C)(C)C. The van der Waals surface area contributed by atoms with Crippen LogP contribution >= 0.6 is 7.26 Å². The first-order valence-corrected chi connectivity index (χ1v) is 8.17. The zero-order valence-electron chi connectivity index (χ0n) is 12.7. The highest BCUT2D eigenvalue weighted by molar-refractivity contribution is 7.80. The van der Waals surface area contributed by atoms with E-state index in [-0.39, 0.29) is 0 Å². The maximum Gasteiger partial charge on any atom is 0.0725 e. The van der Waals surface area contributed by atoms with Crippen LogP contribution in [0.5, 0.6) is 0 Å². The van der Waals surface area contributed by atoms with Gasteiger partial charge in [-0.1, -0.05) is 0 Å². The number of rotatable bonds is 1. The fraction of sp³-hybridized carbons (Fsp3) is 1.00. The molecule has 0 rings (SSSR count). The van der Waals surface area contributed by atoms with Gasteiger partial charge in [0, 0.05) is 7.26 Å². The molecule has 0 aliphatic heterocycles. The van der Waals surface area contributed by atoms with Crippen LogP contribution in [0.15, 0.2) is 0 Å². The van der Waals surface area contributed by atoms with E-state index < -0.39 is 7.26 Å². The Morgan fingerprint density at radius 1 is 0.600 bits per heavy atom. The summed E-state index contributed by atoms with van der Waals surface area (Å²) in [5.74, 6) is 0. The van der Waals surface area contributed by atoms with Crippen molar-refractivity contribution >= 4 is 7.26 Å². The minimum absolute atomic E-state index is 0.443. The predicted octanol–water partition coefficient (Wildman–Crippen LogP) is 5.42. The van der Waals surface area contributed by atoms with E-state index in [9.17, 15) is 0 Å². The first-order valence-electron chi connectivity index (χ1n) is 6.19. The molecule has 0 radical (unpaired) electrons. The van der Waals surface area contributed by atoms with E-state index in [1.165, 1.54) is 6.16 Å². The third kappa shape index (κ3) is 2.41. The molecule has 0 nitrogen and oxygen atoms in total. The van der Waals surface area contributed by atoms with Gasteiger partial charge in [0.2, 0.25) is 0 Å². The van der Waals surface area contributed by atoms with Crippen LogP contribution < -0.4 is 0 Å². The zero-order valence-corrected chi connectivity index (χ0v) is 13.5. The van der Waals surface area contributed by atoms with E-state index in [1.54, 1.807) is 0 Å². The summed E-state index contributed by atoms with van der Waals surface area (Å²) in [4.78, 5) is 0. The Kier molecular flexibility index (Phi) is 4.14. The Morgan fingerprint density at radius 2 is 0.800 bits per heavy atom. The normalized spacial score (nSPS) is 15.6. The summed E-state index contributed by atoms with van der Waals surface area (Å²) in [6.07, 6.45) is 1.35. The fourth-order valence-corrected chi connectivity index (χ4v) is 13.3. The first-order chi connectivity index (χ1) is 6.31. The molecule has 15 heavy (non-hydrogen) atoms. The topological polar surface area (TPSA) is 0 Å². The van der Waals surface area contributed by atoms with Gasteiger partial charge in [0.1, 0.15) is 0 Å². The summed E-state index contributed by atoms with van der Waals surface area (Å²) in [6.45, 7) is 24.4. The van der Waals surface area contributed by atoms with Crippen LogP contribution in [-0.4, -0.2) is 21.6 Å². The van der Waals surface area contributed by atoms with E-state index >= 15 is 0 Å². The lowest BCUT2D eigenvalue weighted by Gasteiger charge is -2.54. The lowest BCUT2D eigenvalue weighted by atomic mass is 10.2. The summed E-state index contributed by atoms with van der Waals surface area (Å²) in [5.41, 5.74) is 0. The van der Waals surface area contributed by atoms with Gasteiger partial charge < -0.3 is 0 Å². The van der Waals surface area contributed by atoms with E-state index in [0.29, 0.717) is 15.5 Å². The third-order valence-electron chi connectivity index (χ3n) is 3.91. The third-order valence-corrected chi connectivity index (χ3v) is 11.7. The van der Waals surface area contributed by atoms with Crippen LogP contribution in [0.3, 0.4) is 0 Å². The average Bonchev–Trinajstić information content (AvgIpc) is 1.76. The standard InChI is InChI=1S/C14H32P/c1-11-15(12(2,3)4,13(5,6)7)14(8,9)10/h11H2,1-10H3/q+1. The molecule has 0 aliphatic rings. The van der Waals surface area contributed by atoms with Crippen LogP contribution in [0.4, 0.5) is 0 Å². The fourth-order valence-electron chi connectivity index (χ4n) is 4.44. The lowest BCUT2D eigenvalue weighted by Crippen LogP contribution is -2.44. The van der Waals surface area contributed by atoms with Crippen LogP contribution in [0, 0.1) is 0 Å². The van der Waals surface area contributed by atoms with Gasteiger partial charge in [-0.2, -0.15) is 0 Å². The van der Waals surface area contributed by atoms with Crippen molar-refractivity contribution in [2.75, 3.05) is 6.16 Å². The summed E-state index contributed by atoms with van der Waals surface area (Å²) >= 11 is 0. The van der Waals surface area contributed by atoms with Crippen LogP contribution in [-0.2, 0) is 0 Å². The average molecular weight is 231 g/mol. The van der Waals surface area contributed by atoms with Crippen molar-refractivity contribution in [2.45, 2.75) is 84.7 Å². The zero-order chi connectivity index (χ0) is 12.7. The second kappa shape index (κ2) is 4.02. The largest absolute Gasteiger partial charge is 0.0725 e. The maximum atomic E-state index is 2.45. The Bertz CT molecular complexity index is 171. The molecule has 92 valence electrons. The van der Waals surface area contributed by atoms with Gasteiger partial charge in [-0.3, -0.25) is 0 Å². The van der Waals surface area contributed by atoms with Crippen LogP contribution in [0.2, 0.25) is 0 Å². The molecule has 0 saturated carbocycles. The minimum atomic E-state index is -1.03. The Balaban J connectivity index is 5.78. The quantitative estimate of drug-likeness (QED) is 0.529. The van der Waals surface area contributed by atoms with Crippen molar-refractivity contribution in [2.24, 2.45) is 0 Å². The van der Waals surface area contributed by atoms with Crippen LogP contribution in [0.1, 0.15) is 69.2 Å². The highest BCUT2D eigenvalue weighted by Gasteiger charge is 2.62. The molecule has 0 heterocycles. The molecular formula is C14H32P+. The molecule has 0 unspecified atom stereocenters. The van der Waals surface area contributed by atoms with Crippen molar-refractivity contribution in [1.29, 1.82) is 0 Å². The molecule has 0 atom stereocenters. The van der Waals surface area contributed by atoms with Gasteiger partial charge in [-0.05, 0) is 69.2 Å². The molecule has 1 heteroatoms. The maximum absolute atomic E-state index is 2.45. The molecule has 0 N–H and O–H groups in total. The molecule has 0 bridgehead atoms. The predicted molar refractivity (Wildman–Crippen MR) is 76.7 cm³/mol. The van der Waals surface area contributed by atoms with Crippen molar-refractivity contribution in [3.63, 3.8) is 0 Å². The van der Waals surface area contributed by atoms with Gasteiger partial charge in [0.15, 0.2) is 0 Å². The molecule has 0 amide bonds. The first kappa shape index (κ1) is 15.4. The highest BCUT2D eigenvalue weighted by atomic mass is 31.2. The van der Waals surface area contributed by atoms with Crippen molar-refractivity contribution in [1.82, 2.24) is 0 Å². The van der Waals surface area contributed by atoms with Gasteiger partial charge in [-0.15, -0.1) is 0 Å². The molecular weight excluding hydrogens is 199 g/mol. The summed E-state index contributed by atoms with van der Waals surface area (Å²) in [5, 5.41) is 1.33. The van der Waals surface area contributed by atoms with Gasteiger partial charge >= 0.3 is 0 Å². The second-order valence-corrected chi connectivity index (χ2v) is 13.9. The van der Waals surface area contributed by atoms with Crippen molar-refractivity contribution in [3.05, 3.63) is 0 Å². The number of hydrogen-bond donors (Lipinski definition) is 0. The number of hydrogen-bond acceptors (Lipinski definition) is 0. The van der Waals surface area contributed by atoms with Crippen molar-refractivity contribution in [3.8, 4) is 0 Å². The monoisotopic (exact) mass is 231 g/mol. The second-order valence-electron chi connectivity index (χ2n) is 7.64. The minimum Gasteiger partial charge on any atom is -0.0311 e. The van der Waals surface area contributed by atoms with E-state index in [1.807, 2.05) is 0 Å². The summed E-state index contributed by atoms with van der Waals surface area (Å²) in [6, 6.07) is 0. The molecule has 0 aliphatic carbocycles. The van der Waals surface area contributed by atoms with Crippen LogP contribution in [0.25, 0.3) is 0 Å². The highest BCUT2D eigenvalue weighted by Crippen LogP contribution is 2.82. The molecule has 0 aromatic heterocycles. The van der Waals surface area contributed by atoms with E-state index in [0.717, 1.165) is 0 Å². The van der Waals surface area contributed by atoms with Crippen molar-refractivity contribution < 1.29 is 0 Å². The molecule has 0 aromatic carbocycles. The Labute approximate surface area is 98.6 Å². The van der Waals surface area contributed by atoms with E-state index in [2.05, 4.69) is 69.2 Å². The van der Waals surface area contributed by atoms with E-state index in [4.69, 9.17) is 0 Å². The molecule has 0 fully saturated rings. The molecule has 0 aromatic rings. The Morgan fingerprint density at radius 3 is 0.800 bits per heavy atom. The van der Waals surface area contributed by atoms with Gasteiger partial charge in [0.25, 0.3) is 0 Å².